The molecule has 2 heterocycles. The van der Waals surface area contributed by atoms with Gasteiger partial charge < -0.3 is 9.64 Å². The Labute approximate surface area is 122 Å². The molecule has 1 aromatic heterocycles. The third-order valence-corrected chi connectivity index (χ3v) is 5.04. The lowest BCUT2D eigenvalue weighted by atomic mass is 9.90. The molecule has 0 spiro atoms. The Hall–Kier alpha value is -0.750. The van der Waals surface area contributed by atoms with E-state index < -0.39 is 5.41 Å². The van der Waals surface area contributed by atoms with Crippen LogP contribution in [-0.2, 0) is 14.9 Å². The summed E-state index contributed by atoms with van der Waals surface area (Å²) < 4.78 is 5.12. The van der Waals surface area contributed by atoms with Gasteiger partial charge in [0.05, 0.1) is 12.3 Å². The van der Waals surface area contributed by atoms with E-state index in [1.807, 2.05) is 37.9 Å². The van der Waals surface area contributed by atoms with Gasteiger partial charge in [-0.15, -0.1) is 11.3 Å². The van der Waals surface area contributed by atoms with Crippen molar-refractivity contribution in [1.29, 1.82) is 0 Å². The fourth-order valence-corrected chi connectivity index (χ4v) is 3.82. The van der Waals surface area contributed by atoms with E-state index in [4.69, 9.17) is 4.74 Å². The summed E-state index contributed by atoms with van der Waals surface area (Å²) in [6.07, 6.45) is 0. The summed E-state index contributed by atoms with van der Waals surface area (Å²) in [5, 5.41) is 3.00. The Morgan fingerprint density at radius 3 is 2.79 bits per heavy atom. The summed E-state index contributed by atoms with van der Waals surface area (Å²) in [6, 6.07) is 0. The van der Waals surface area contributed by atoms with Crippen molar-refractivity contribution >= 4 is 34.2 Å². The van der Waals surface area contributed by atoms with Gasteiger partial charge in [-0.25, -0.2) is 4.98 Å². The van der Waals surface area contributed by atoms with Gasteiger partial charge in [0.15, 0.2) is 5.13 Å². The van der Waals surface area contributed by atoms with E-state index in [-0.39, 0.29) is 5.97 Å². The Morgan fingerprint density at radius 2 is 2.16 bits per heavy atom. The molecule has 0 radical (unpaired) electrons. The quantitative estimate of drug-likeness (QED) is 0.799. The summed E-state index contributed by atoms with van der Waals surface area (Å²) in [7, 11) is 0. The molecule has 6 heteroatoms. The molecule has 1 aliphatic heterocycles. The summed E-state index contributed by atoms with van der Waals surface area (Å²) in [4.78, 5) is 18.9. The lowest BCUT2D eigenvalue weighted by Crippen LogP contribution is -2.33. The standard InChI is InChI=1S/C13H20N2O2S2/c1-4-17-11(16)13(2,3)10-9-19-12(14-10)15-5-7-18-8-6-15/h9H,4-8H2,1-3H3. The average molecular weight is 300 g/mol. The summed E-state index contributed by atoms with van der Waals surface area (Å²) >= 11 is 3.59. The van der Waals surface area contributed by atoms with Crippen LogP contribution in [0.1, 0.15) is 26.5 Å². The second kappa shape index (κ2) is 6.13. The Bertz CT molecular complexity index is 440. The van der Waals surface area contributed by atoms with E-state index in [1.54, 1.807) is 11.3 Å². The number of esters is 1. The van der Waals surface area contributed by atoms with E-state index in [0.29, 0.717) is 6.61 Å². The first-order chi connectivity index (χ1) is 9.05. The van der Waals surface area contributed by atoms with Gasteiger partial charge in [-0.3, -0.25) is 4.79 Å². The van der Waals surface area contributed by atoms with E-state index in [9.17, 15) is 4.79 Å². The predicted octanol–water partition coefficient (Wildman–Crippen LogP) is 2.54. The van der Waals surface area contributed by atoms with Crippen LogP contribution in [0, 0.1) is 0 Å². The summed E-state index contributed by atoms with van der Waals surface area (Å²) in [5.74, 6) is 2.09. The molecule has 106 valence electrons. The van der Waals surface area contributed by atoms with Gasteiger partial charge in [0.2, 0.25) is 0 Å². The predicted molar refractivity (Wildman–Crippen MR) is 81.3 cm³/mol. The van der Waals surface area contributed by atoms with Crippen LogP contribution < -0.4 is 4.90 Å². The highest BCUT2D eigenvalue weighted by atomic mass is 32.2. The minimum absolute atomic E-state index is 0.207. The van der Waals surface area contributed by atoms with Crippen molar-refractivity contribution in [3.05, 3.63) is 11.1 Å². The lowest BCUT2D eigenvalue weighted by Gasteiger charge is -2.26. The second-order valence-corrected chi connectivity index (χ2v) is 7.02. The molecular weight excluding hydrogens is 280 g/mol. The highest BCUT2D eigenvalue weighted by Crippen LogP contribution is 2.31. The molecule has 0 saturated carbocycles. The Kier molecular flexibility index (Phi) is 4.73. The van der Waals surface area contributed by atoms with Crippen molar-refractivity contribution in [3.8, 4) is 0 Å². The molecule has 4 nitrogen and oxygen atoms in total. The zero-order valence-corrected chi connectivity index (χ0v) is 13.3. The maximum Gasteiger partial charge on any atom is 0.317 e. The summed E-state index contributed by atoms with van der Waals surface area (Å²) in [6.45, 7) is 8.05. The molecule has 0 amide bonds. The molecule has 1 aliphatic rings. The van der Waals surface area contributed by atoms with Crippen LogP contribution in [-0.4, -0.2) is 42.2 Å². The summed E-state index contributed by atoms with van der Waals surface area (Å²) in [5.41, 5.74) is 0.138. The third kappa shape index (κ3) is 3.23. The molecule has 1 saturated heterocycles. The highest BCUT2D eigenvalue weighted by molar-refractivity contribution is 7.99. The van der Waals surface area contributed by atoms with Crippen LogP contribution >= 0.6 is 23.1 Å². The molecule has 0 atom stereocenters. The molecule has 0 aromatic carbocycles. The Balaban J connectivity index is 2.13. The molecule has 1 aromatic rings. The number of carbonyl (C=O) groups is 1. The topological polar surface area (TPSA) is 42.4 Å². The number of aromatic nitrogens is 1. The first kappa shape index (κ1) is 14.7. The van der Waals surface area contributed by atoms with Gasteiger partial charge in [0.25, 0.3) is 0 Å². The van der Waals surface area contributed by atoms with E-state index >= 15 is 0 Å². The van der Waals surface area contributed by atoms with E-state index in [2.05, 4.69) is 9.88 Å². The first-order valence-electron chi connectivity index (χ1n) is 6.51. The number of hydrogen-bond acceptors (Lipinski definition) is 6. The van der Waals surface area contributed by atoms with Gasteiger partial charge in [0.1, 0.15) is 5.41 Å². The van der Waals surface area contributed by atoms with Gasteiger partial charge in [-0.1, -0.05) is 0 Å². The molecule has 0 unspecified atom stereocenters. The minimum Gasteiger partial charge on any atom is -0.465 e. The van der Waals surface area contributed by atoms with Crippen molar-refractivity contribution in [2.45, 2.75) is 26.2 Å². The maximum atomic E-state index is 12.0. The minimum atomic E-state index is -0.671. The van der Waals surface area contributed by atoms with Gasteiger partial charge in [-0.2, -0.15) is 11.8 Å². The van der Waals surface area contributed by atoms with Gasteiger partial charge in [-0.05, 0) is 20.8 Å². The molecule has 19 heavy (non-hydrogen) atoms. The van der Waals surface area contributed by atoms with Crippen LogP contribution in [0.4, 0.5) is 5.13 Å². The van der Waals surface area contributed by atoms with Crippen molar-refractivity contribution in [3.63, 3.8) is 0 Å². The third-order valence-electron chi connectivity index (χ3n) is 3.20. The smallest absolute Gasteiger partial charge is 0.317 e. The van der Waals surface area contributed by atoms with Crippen molar-refractivity contribution in [1.82, 2.24) is 4.98 Å². The monoisotopic (exact) mass is 300 g/mol. The molecule has 1 fully saturated rings. The number of anilines is 1. The van der Waals surface area contributed by atoms with Crippen LogP contribution in [0.3, 0.4) is 0 Å². The van der Waals surface area contributed by atoms with Gasteiger partial charge in [0, 0.05) is 30.0 Å². The fourth-order valence-electron chi connectivity index (χ4n) is 1.87. The number of ether oxygens (including phenoxy) is 1. The normalized spacial score (nSPS) is 16.5. The van der Waals surface area contributed by atoms with E-state index in [0.717, 1.165) is 35.4 Å². The number of thiazole rings is 1. The van der Waals surface area contributed by atoms with Crippen molar-refractivity contribution < 1.29 is 9.53 Å². The maximum absolute atomic E-state index is 12.0. The lowest BCUT2D eigenvalue weighted by molar-refractivity contribution is -0.148. The molecule has 0 N–H and O–H groups in total. The number of thioether (sulfide) groups is 1. The van der Waals surface area contributed by atoms with Gasteiger partial charge >= 0.3 is 5.97 Å². The average Bonchev–Trinajstić information content (AvgIpc) is 2.90. The van der Waals surface area contributed by atoms with E-state index in [1.165, 1.54) is 0 Å². The van der Waals surface area contributed by atoms with Crippen LogP contribution in [0.15, 0.2) is 5.38 Å². The second-order valence-electron chi connectivity index (χ2n) is 4.96. The Morgan fingerprint density at radius 1 is 1.47 bits per heavy atom. The van der Waals surface area contributed by atoms with Crippen LogP contribution in [0.2, 0.25) is 0 Å². The largest absolute Gasteiger partial charge is 0.465 e. The first-order valence-corrected chi connectivity index (χ1v) is 8.55. The zero-order chi connectivity index (χ0) is 13.9. The zero-order valence-electron chi connectivity index (χ0n) is 11.6. The fraction of sp³-hybridized carbons (Fsp3) is 0.692. The van der Waals surface area contributed by atoms with Crippen molar-refractivity contribution in [2.24, 2.45) is 0 Å². The number of nitrogens with zero attached hydrogens (tertiary/aromatic N) is 2. The molecule has 0 bridgehead atoms. The molecular formula is C13H20N2O2S2. The molecule has 2 rings (SSSR count). The van der Waals surface area contributed by atoms with Crippen LogP contribution in [0.25, 0.3) is 0 Å². The number of rotatable bonds is 4. The highest BCUT2D eigenvalue weighted by Gasteiger charge is 2.34. The number of hydrogen-bond donors (Lipinski definition) is 0. The van der Waals surface area contributed by atoms with Crippen LogP contribution in [0.5, 0.6) is 0 Å². The number of carbonyl (C=O) groups excluding carboxylic acids is 1. The van der Waals surface area contributed by atoms with Crippen molar-refractivity contribution in [2.75, 3.05) is 36.1 Å². The molecule has 0 aliphatic carbocycles. The SMILES string of the molecule is CCOC(=O)C(C)(C)c1csc(N2CCSCC2)n1.